The molecule has 0 saturated heterocycles. The molecule has 0 fully saturated rings. The van der Waals surface area contributed by atoms with Crippen LogP contribution in [0.15, 0.2) is 249 Å². The number of benzene rings is 13. The Morgan fingerprint density at radius 2 is 0.493 bits per heavy atom. The zero-order valence-corrected chi connectivity index (χ0v) is 41.2. The van der Waals surface area contributed by atoms with E-state index >= 15 is 0 Å². The summed E-state index contributed by atoms with van der Waals surface area (Å²) in [6.45, 7) is 14.8. The minimum Gasteiger partial charge on any atom is -0.0683 e. The van der Waals surface area contributed by atoms with Crippen molar-refractivity contribution in [2.75, 3.05) is 0 Å². The molecule has 0 spiro atoms. The van der Waals surface area contributed by atoms with Gasteiger partial charge in [0.25, 0.3) is 0 Å². The Labute approximate surface area is 409 Å². The van der Waals surface area contributed by atoms with E-state index in [0.717, 1.165) is 0 Å². The monoisotopic (exact) mass is 890 g/mol. The second-order valence-corrected chi connectivity index (χ2v) is 17.6. The third-order valence-electron chi connectivity index (χ3n) is 12.8. The van der Waals surface area contributed by atoms with Gasteiger partial charge in [-0.3, -0.25) is 0 Å². The van der Waals surface area contributed by atoms with Gasteiger partial charge in [0, 0.05) is 0 Å². The molecule has 0 saturated carbocycles. The van der Waals surface area contributed by atoms with Crippen LogP contribution in [0.1, 0.15) is 41.7 Å². The molecule has 0 unspecified atom stereocenters. The molecule has 0 aliphatic rings. The molecule has 338 valence electrons. The van der Waals surface area contributed by atoms with Gasteiger partial charge in [0.2, 0.25) is 0 Å². The fourth-order valence-corrected chi connectivity index (χ4v) is 9.12. The Balaban J connectivity index is 0.000000116. The Morgan fingerprint density at radius 1 is 0.188 bits per heavy atom. The highest BCUT2D eigenvalue weighted by Crippen LogP contribution is 2.28. The first-order chi connectivity index (χ1) is 33.8. The maximum absolute atomic E-state index is 2.28. The van der Waals surface area contributed by atoms with Crippen LogP contribution >= 0.6 is 0 Å². The fourth-order valence-electron chi connectivity index (χ4n) is 9.12. The fraction of sp³-hybridized carbons (Fsp3) is 0.101. The van der Waals surface area contributed by atoms with E-state index < -0.39 is 0 Å². The highest BCUT2D eigenvalue weighted by atomic mass is 14.1. The lowest BCUT2D eigenvalue weighted by molar-refractivity contribution is 1.50. The second-order valence-electron chi connectivity index (χ2n) is 17.6. The minimum absolute atomic E-state index is 1.31. The normalized spacial score (nSPS) is 10.5. The molecule has 0 aliphatic carbocycles. The zero-order valence-electron chi connectivity index (χ0n) is 41.2. The quantitative estimate of drug-likeness (QED) is 0.133. The highest BCUT2D eigenvalue weighted by Gasteiger charge is 2.03. The zero-order chi connectivity index (χ0) is 48.1. The molecule has 13 aromatic carbocycles. The van der Waals surface area contributed by atoms with Crippen molar-refractivity contribution in [3.8, 4) is 0 Å². The summed E-state index contributed by atoms with van der Waals surface area (Å²) in [5, 5.41) is 21.3. The largest absolute Gasteiger partial charge is 0.0683 e. The topological polar surface area (TPSA) is 0 Å². The van der Waals surface area contributed by atoms with Gasteiger partial charge in [-0.1, -0.05) is 243 Å². The third kappa shape index (κ3) is 11.6. The summed E-state index contributed by atoms with van der Waals surface area (Å²) >= 11 is 0. The van der Waals surface area contributed by atoms with Gasteiger partial charge in [0.15, 0.2) is 0 Å². The third-order valence-corrected chi connectivity index (χ3v) is 12.8. The van der Waals surface area contributed by atoms with Gasteiger partial charge in [0.05, 0.1) is 0 Å². The predicted octanol–water partition coefficient (Wildman–Crippen LogP) is 20.2. The summed E-state index contributed by atoms with van der Waals surface area (Å²) in [6, 6.07) is 88.2. The van der Waals surface area contributed by atoms with Gasteiger partial charge in [-0.05, 0) is 168 Å². The molecule has 0 bridgehead atoms. The van der Waals surface area contributed by atoms with Crippen molar-refractivity contribution < 1.29 is 0 Å². The van der Waals surface area contributed by atoms with E-state index in [0.29, 0.717) is 0 Å². The number of fused-ring (bicyclic) bond motifs is 8. The van der Waals surface area contributed by atoms with Crippen molar-refractivity contribution in [2.45, 2.75) is 48.5 Å². The van der Waals surface area contributed by atoms with E-state index in [9.17, 15) is 0 Å². The predicted molar refractivity (Wildman–Crippen MR) is 307 cm³/mol. The molecule has 0 aliphatic heterocycles. The van der Waals surface area contributed by atoms with Crippen molar-refractivity contribution in [2.24, 2.45) is 0 Å². The molecule has 0 aromatic heterocycles. The molecule has 13 aromatic rings. The molecular weight excluding hydrogens is 829 g/mol. The number of rotatable bonds is 0. The molecule has 0 nitrogen and oxygen atoms in total. The van der Waals surface area contributed by atoms with E-state index in [1.165, 1.54) is 114 Å². The molecule has 0 radical (unpaired) electrons. The van der Waals surface area contributed by atoms with Crippen molar-refractivity contribution in [1.82, 2.24) is 0 Å². The van der Waals surface area contributed by atoms with Gasteiger partial charge in [-0.25, -0.2) is 0 Å². The van der Waals surface area contributed by atoms with Gasteiger partial charge in [0.1, 0.15) is 0 Å². The lowest BCUT2D eigenvalue weighted by Crippen LogP contribution is -1.81. The standard InChI is InChI=1S/3C15H12.2C11H10.C2H6/c1-11-14-8-4-2-6-12(14)10-13-7-3-5-9-15(11)13;1-11-5-4-8-14-9-12-6-2-3-7-13(12)10-15(11)14;1-11-6-7-14-9-12-4-2-3-5-13(12)10-15(14)8-11;1-9-5-4-7-10-6-2-3-8-11(9)10;1-9-6-7-10-4-2-3-5-11(10)8-9;1-2/h3*2-10H,1H3;2*2-8H,1H3;1-2H3. The molecule has 0 atom stereocenters. The SMILES string of the molecule is CC.Cc1c2ccccc2cc2ccccc12.Cc1ccc2cc3ccccc3cc2c1.Cc1ccc2ccccc2c1.Cc1cccc2cc3ccccc3cc12.Cc1cccc2ccccc12. The summed E-state index contributed by atoms with van der Waals surface area (Å²) in [6.07, 6.45) is 0. The van der Waals surface area contributed by atoms with Crippen LogP contribution in [0.2, 0.25) is 0 Å². The molecule has 0 heterocycles. The van der Waals surface area contributed by atoms with Crippen LogP contribution in [0, 0.1) is 34.6 Å². The summed E-state index contributed by atoms with van der Waals surface area (Å²) in [4.78, 5) is 0. The smallest absolute Gasteiger partial charge is 0.0148 e. The average molecular weight is 891 g/mol. The molecule has 13 rings (SSSR count). The van der Waals surface area contributed by atoms with Gasteiger partial charge in [-0.2, -0.15) is 0 Å². The first-order valence-corrected chi connectivity index (χ1v) is 24.3. The number of aryl methyl sites for hydroxylation is 5. The highest BCUT2D eigenvalue weighted by molar-refractivity contribution is 6.02. The van der Waals surface area contributed by atoms with Crippen molar-refractivity contribution in [3.05, 3.63) is 277 Å². The molecule has 69 heavy (non-hydrogen) atoms. The Bertz CT molecular complexity index is 3710. The number of hydrogen-bond donors (Lipinski definition) is 0. The van der Waals surface area contributed by atoms with Crippen LogP contribution in [-0.4, -0.2) is 0 Å². The van der Waals surface area contributed by atoms with E-state index in [4.69, 9.17) is 0 Å². The van der Waals surface area contributed by atoms with Crippen molar-refractivity contribution in [3.63, 3.8) is 0 Å². The molecule has 0 heteroatoms. The molecular formula is C69H62. The maximum Gasteiger partial charge on any atom is -0.0148 e. The Kier molecular flexibility index (Phi) is 15.6. The Hall–Kier alpha value is -8.06. The number of hydrogen-bond acceptors (Lipinski definition) is 0. The molecule has 0 amide bonds. The summed E-state index contributed by atoms with van der Waals surface area (Å²) < 4.78 is 0. The summed E-state index contributed by atoms with van der Waals surface area (Å²) in [5.74, 6) is 0. The van der Waals surface area contributed by atoms with E-state index in [2.05, 4.69) is 283 Å². The lowest BCUT2D eigenvalue weighted by atomic mass is 9.98. The van der Waals surface area contributed by atoms with Crippen molar-refractivity contribution in [1.29, 1.82) is 0 Å². The first kappa shape index (κ1) is 47.4. The first-order valence-electron chi connectivity index (χ1n) is 24.3. The minimum atomic E-state index is 1.31. The second kappa shape index (κ2) is 22.6. The van der Waals surface area contributed by atoms with E-state index in [-0.39, 0.29) is 0 Å². The average Bonchev–Trinajstić information content (AvgIpc) is 3.39. The summed E-state index contributed by atoms with van der Waals surface area (Å²) in [5.41, 5.74) is 6.71. The van der Waals surface area contributed by atoms with Gasteiger partial charge >= 0.3 is 0 Å². The van der Waals surface area contributed by atoms with Crippen LogP contribution in [-0.2, 0) is 0 Å². The van der Waals surface area contributed by atoms with Crippen LogP contribution in [0.4, 0.5) is 0 Å². The van der Waals surface area contributed by atoms with Crippen LogP contribution in [0.3, 0.4) is 0 Å². The van der Waals surface area contributed by atoms with Crippen LogP contribution in [0.25, 0.3) is 86.2 Å². The Morgan fingerprint density at radius 3 is 1.03 bits per heavy atom. The van der Waals surface area contributed by atoms with Gasteiger partial charge < -0.3 is 0 Å². The summed E-state index contributed by atoms with van der Waals surface area (Å²) in [7, 11) is 0. The maximum atomic E-state index is 2.28. The van der Waals surface area contributed by atoms with E-state index in [1.54, 1.807) is 0 Å². The van der Waals surface area contributed by atoms with Crippen LogP contribution < -0.4 is 0 Å². The van der Waals surface area contributed by atoms with E-state index in [1.807, 2.05) is 13.8 Å². The molecule has 0 N–H and O–H groups in total. The lowest BCUT2D eigenvalue weighted by Gasteiger charge is -2.06. The van der Waals surface area contributed by atoms with Crippen LogP contribution in [0.5, 0.6) is 0 Å². The van der Waals surface area contributed by atoms with Gasteiger partial charge in [-0.15, -0.1) is 0 Å². The van der Waals surface area contributed by atoms with Crippen molar-refractivity contribution >= 4 is 86.2 Å².